The van der Waals surface area contributed by atoms with Crippen molar-refractivity contribution in [3.05, 3.63) is 106 Å². The van der Waals surface area contributed by atoms with Crippen molar-refractivity contribution in [3.63, 3.8) is 0 Å². The van der Waals surface area contributed by atoms with Gasteiger partial charge in [0, 0.05) is 26.2 Å². The highest BCUT2D eigenvalue weighted by atomic mass is 35.5. The molecule has 6 rings (SSSR count). The third kappa shape index (κ3) is 4.43. The van der Waals surface area contributed by atoms with E-state index in [0.29, 0.717) is 0 Å². The Balaban J connectivity index is 0.00000241. The Bertz CT molecular complexity index is 1070. The Kier molecular flexibility index (Phi) is 7.08. The van der Waals surface area contributed by atoms with Gasteiger partial charge in [-0.05, 0) is 65.5 Å². The van der Waals surface area contributed by atoms with Gasteiger partial charge in [-0.15, -0.1) is 12.4 Å². The number of fused-ring (bicyclic) bond motifs is 4. The number of ether oxygens (including phenoxy) is 1. The van der Waals surface area contributed by atoms with Crippen molar-refractivity contribution in [1.82, 2.24) is 10.2 Å². The molecule has 178 valence electrons. The van der Waals surface area contributed by atoms with Crippen molar-refractivity contribution < 1.29 is 4.74 Å². The summed E-state index contributed by atoms with van der Waals surface area (Å²) >= 11 is 0. The minimum Gasteiger partial charge on any atom is -0.370 e. The lowest BCUT2D eigenvalue weighted by Gasteiger charge is -2.45. The molecular weight excluding hydrogens is 440 g/mol. The molecule has 0 atom stereocenters. The van der Waals surface area contributed by atoms with Crippen molar-refractivity contribution in [3.8, 4) is 0 Å². The molecule has 3 aromatic carbocycles. The number of hydrogen-bond donors (Lipinski definition) is 1. The minimum atomic E-state index is -0.0576. The molecule has 1 saturated heterocycles. The SMILES string of the molecule is Cl.c1ccc2c(c1)CCc1ccccc1C2NCCN1CCC2(CC1)OCCc1ccccc12. The number of nitrogens with one attached hydrogen (secondary N) is 1. The number of hydrogen-bond acceptors (Lipinski definition) is 3. The summed E-state index contributed by atoms with van der Waals surface area (Å²) in [7, 11) is 0. The Morgan fingerprint density at radius 2 is 1.35 bits per heavy atom. The predicted octanol–water partition coefficient (Wildman–Crippen LogP) is 5.45. The second kappa shape index (κ2) is 10.2. The molecule has 1 N–H and O–H groups in total. The molecule has 3 nitrogen and oxygen atoms in total. The first-order chi connectivity index (χ1) is 16.3. The van der Waals surface area contributed by atoms with Crippen LogP contribution in [0.2, 0.25) is 0 Å². The summed E-state index contributed by atoms with van der Waals surface area (Å²) in [6, 6.07) is 27.2. The smallest absolute Gasteiger partial charge is 0.0958 e. The number of benzene rings is 3. The third-order valence-electron chi connectivity index (χ3n) is 8.09. The van der Waals surface area contributed by atoms with Crippen LogP contribution in [0.1, 0.15) is 52.3 Å². The normalized spacial score (nSPS) is 19.4. The van der Waals surface area contributed by atoms with Gasteiger partial charge in [-0.1, -0.05) is 72.8 Å². The van der Waals surface area contributed by atoms with Gasteiger partial charge >= 0.3 is 0 Å². The molecule has 2 heterocycles. The van der Waals surface area contributed by atoms with Crippen LogP contribution in [-0.2, 0) is 29.6 Å². The van der Waals surface area contributed by atoms with Crippen LogP contribution in [-0.4, -0.2) is 37.7 Å². The molecule has 4 heteroatoms. The van der Waals surface area contributed by atoms with E-state index >= 15 is 0 Å². The van der Waals surface area contributed by atoms with Gasteiger partial charge in [0.2, 0.25) is 0 Å². The van der Waals surface area contributed by atoms with Crippen LogP contribution >= 0.6 is 12.4 Å². The van der Waals surface area contributed by atoms with Crippen LogP contribution < -0.4 is 5.32 Å². The molecule has 0 radical (unpaired) electrons. The number of piperidine rings is 1. The van der Waals surface area contributed by atoms with Crippen molar-refractivity contribution in [1.29, 1.82) is 0 Å². The molecule has 1 aliphatic carbocycles. The fraction of sp³-hybridized carbons (Fsp3) is 0.400. The van der Waals surface area contributed by atoms with Gasteiger partial charge in [-0.25, -0.2) is 0 Å². The summed E-state index contributed by atoms with van der Waals surface area (Å²) in [4.78, 5) is 2.62. The molecule has 0 bridgehead atoms. The number of likely N-dealkylation sites (tertiary alicyclic amines) is 1. The summed E-state index contributed by atoms with van der Waals surface area (Å²) in [5.74, 6) is 0. The van der Waals surface area contributed by atoms with E-state index in [1.165, 1.54) is 33.4 Å². The van der Waals surface area contributed by atoms with Gasteiger partial charge in [0.05, 0.1) is 18.2 Å². The van der Waals surface area contributed by atoms with E-state index in [1.807, 2.05) is 0 Å². The zero-order valence-corrected chi connectivity index (χ0v) is 20.7. The lowest BCUT2D eigenvalue weighted by Crippen LogP contribution is -2.48. The van der Waals surface area contributed by atoms with Crippen LogP contribution in [0.4, 0.5) is 0 Å². The van der Waals surface area contributed by atoms with Crippen LogP contribution in [0.25, 0.3) is 0 Å². The Morgan fingerprint density at radius 1 is 0.765 bits per heavy atom. The average Bonchev–Trinajstić information content (AvgIpc) is 3.03. The van der Waals surface area contributed by atoms with E-state index < -0.39 is 0 Å². The second-order valence-corrected chi connectivity index (χ2v) is 9.88. The maximum absolute atomic E-state index is 6.43. The van der Waals surface area contributed by atoms with Crippen LogP contribution in [0, 0.1) is 0 Å². The highest BCUT2D eigenvalue weighted by Crippen LogP contribution is 2.41. The second-order valence-electron chi connectivity index (χ2n) is 9.88. The number of nitrogens with zero attached hydrogens (tertiary/aromatic N) is 1. The van der Waals surface area contributed by atoms with Crippen LogP contribution in [0.5, 0.6) is 0 Å². The van der Waals surface area contributed by atoms with Gasteiger partial charge in [0.25, 0.3) is 0 Å². The van der Waals surface area contributed by atoms with Crippen LogP contribution in [0.15, 0.2) is 72.8 Å². The molecule has 2 aliphatic heterocycles. The Labute approximate surface area is 209 Å². The average molecular weight is 475 g/mol. The molecule has 1 spiro atoms. The molecule has 0 amide bonds. The fourth-order valence-electron chi connectivity index (χ4n) is 6.28. The van der Waals surface area contributed by atoms with E-state index in [1.54, 1.807) is 0 Å². The van der Waals surface area contributed by atoms with Gasteiger partial charge in [0.1, 0.15) is 0 Å². The Hall–Kier alpha value is -2.17. The highest BCUT2D eigenvalue weighted by molar-refractivity contribution is 5.85. The quantitative estimate of drug-likeness (QED) is 0.544. The number of rotatable bonds is 4. The zero-order valence-electron chi connectivity index (χ0n) is 19.8. The largest absolute Gasteiger partial charge is 0.370 e. The lowest BCUT2D eigenvalue weighted by atomic mass is 9.79. The molecule has 0 aromatic heterocycles. The van der Waals surface area contributed by atoms with E-state index in [2.05, 4.69) is 83.0 Å². The fourth-order valence-corrected chi connectivity index (χ4v) is 6.28. The van der Waals surface area contributed by atoms with E-state index in [0.717, 1.165) is 64.9 Å². The van der Waals surface area contributed by atoms with Crippen LogP contribution in [0.3, 0.4) is 0 Å². The third-order valence-corrected chi connectivity index (χ3v) is 8.09. The van der Waals surface area contributed by atoms with Crippen molar-refractivity contribution in [2.45, 2.75) is 43.7 Å². The molecule has 34 heavy (non-hydrogen) atoms. The topological polar surface area (TPSA) is 24.5 Å². The maximum atomic E-state index is 6.43. The number of halogens is 1. The zero-order chi connectivity index (χ0) is 22.1. The number of aryl methyl sites for hydroxylation is 2. The molecule has 3 aromatic rings. The van der Waals surface area contributed by atoms with E-state index in [4.69, 9.17) is 4.74 Å². The van der Waals surface area contributed by atoms with E-state index in [9.17, 15) is 0 Å². The summed E-state index contributed by atoms with van der Waals surface area (Å²) in [6.07, 6.45) is 5.50. The summed E-state index contributed by atoms with van der Waals surface area (Å²) < 4.78 is 6.43. The lowest BCUT2D eigenvalue weighted by molar-refractivity contribution is -0.0977. The van der Waals surface area contributed by atoms with Crippen molar-refractivity contribution in [2.24, 2.45) is 0 Å². The van der Waals surface area contributed by atoms with E-state index in [-0.39, 0.29) is 24.0 Å². The Morgan fingerprint density at radius 3 is 2.03 bits per heavy atom. The monoisotopic (exact) mass is 474 g/mol. The molecule has 1 fully saturated rings. The first-order valence-electron chi connectivity index (χ1n) is 12.7. The molecular formula is C30H35ClN2O. The van der Waals surface area contributed by atoms with Gasteiger partial charge in [0.15, 0.2) is 0 Å². The molecule has 0 saturated carbocycles. The predicted molar refractivity (Wildman–Crippen MR) is 141 cm³/mol. The highest BCUT2D eigenvalue weighted by Gasteiger charge is 2.40. The minimum absolute atomic E-state index is 0. The van der Waals surface area contributed by atoms with Crippen molar-refractivity contribution in [2.75, 3.05) is 32.8 Å². The summed E-state index contributed by atoms with van der Waals surface area (Å²) in [6.45, 7) is 5.15. The summed E-state index contributed by atoms with van der Waals surface area (Å²) in [5, 5.41) is 3.94. The molecule has 3 aliphatic rings. The standard InChI is InChI=1S/C30H34N2O.ClH/c1-4-10-26-23(7-1)13-14-24-8-2-5-11-27(24)29(26)31-18-21-32-19-16-30(17-20-32)28-12-6-3-9-25(28)15-22-33-30;/h1-12,29,31H,13-22H2;1H. The van der Waals surface area contributed by atoms with Gasteiger partial charge in [-0.3, -0.25) is 0 Å². The van der Waals surface area contributed by atoms with Gasteiger partial charge in [-0.2, -0.15) is 0 Å². The first-order valence-corrected chi connectivity index (χ1v) is 12.7. The van der Waals surface area contributed by atoms with Crippen molar-refractivity contribution >= 4 is 12.4 Å². The maximum Gasteiger partial charge on any atom is 0.0958 e. The molecule has 0 unspecified atom stereocenters. The summed E-state index contributed by atoms with van der Waals surface area (Å²) in [5.41, 5.74) is 8.75. The first kappa shape index (κ1) is 23.6. The van der Waals surface area contributed by atoms with Gasteiger partial charge < -0.3 is 15.0 Å².